The number of ether oxygens (including phenoxy) is 1. The molecule has 3 heterocycles. The van der Waals surface area contributed by atoms with Gasteiger partial charge in [0.2, 0.25) is 0 Å². The van der Waals surface area contributed by atoms with Crippen molar-refractivity contribution in [2.75, 3.05) is 5.32 Å². The van der Waals surface area contributed by atoms with Gasteiger partial charge in [0.05, 0.1) is 23.1 Å². The van der Waals surface area contributed by atoms with E-state index in [-0.39, 0.29) is 34.5 Å². The monoisotopic (exact) mass is 419 g/mol. The summed E-state index contributed by atoms with van der Waals surface area (Å²) in [4.78, 5) is 17.3. The summed E-state index contributed by atoms with van der Waals surface area (Å²) in [6, 6.07) is 3.77. The number of nitrogens with one attached hydrogen (secondary N) is 2. The van der Waals surface area contributed by atoms with Crippen LogP contribution >= 0.6 is 0 Å². The minimum atomic E-state index is -0.333. The van der Waals surface area contributed by atoms with E-state index in [9.17, 15) is 10.0 Å². The Morgan fingerprint density at radius 1 is 1.32 bits per heavy atom. The highest BCUT2D eigenvalue weighted by Crippen LogP contribution is 2.66. The van der Waals surface area contributed by atoms with E-state index in [0.29, 0.717) is 0 Å². The van der Waals surface area contributed by atoms with Crippen molar-refractivity contribution < 1.29 is 14.7 Å². The molecule has 0 unspecified atom stereocenters. The maximum absolute atomic E-state index is 13.2. The number of aromatic nitrogens is 1. The molecule has 5 aliphatic rings. The number of allylic oxidation sites excluding steroid dienone is 2. The number of fused-ring (bicyclic) bond motifs is 1. The fraction of sp³-hybridized carbons (Fsp3) is 0.520. The average Bonchev–Trinajstić information content (AvgIpc) is 3.29. The summed E-state index contributed by atoms with van der Waals surface area (Å²) in [6.45, 7) is 2.23. The van der Waals surface area contributed by atoms with E-state index in [2.05, 4.69) is 40.9 Å². The number of nitrogens with zero attached hydrogens (tertiary/aromatic N) is 1. The lowest BCUT2D eigenvalue weighted by Crippen LogP contribution is -2.55. The van der Waals surface area contributed by atoms with E-state index in [0.717, 1.165) is 56.2 Å². The molecular weight excluding hydrogens is 390 g/mol. The molecule has 31 heavy (non-hydrogen) atoms. The lowest BCUT2D eigenvalue weighted by Gasteiger charge is -2.53. The zero-order valence-electron chi connectivity index (χ0n) is 17.9. The summed E-state index contributed by atoms with van der Waals surface area (Å²) in [5.41, 5.74) is 5.93. The summed E-state index contributed by atoms with van der Waals surface area (Å²) >= 11 is 0. The lowest BCUT2D eigenvalue weighted by molar-refractivity contribution is -0.137. The summed E-state index contributed by atoms with van der Waals surface area (Å²) < 4.78 is 7.08. The summed E-state index contributed by atoms with van der Waals surface area (Å²) in [7, 11) is 0. The molecular formula is C25H29N3O3. The first-order chi connectivity index (χ1) is 15.0. The minimum absolute atomic E-state index is 0.0341. The second-order valence-electron chi connectivity index (χ2n) is 10.1. The summed E-state index contributed by atoms with van der Waals surface area (Å²) in [5, 5.41) is 12.6. The molecule has 1 amide bonds. The number of carbonyl (C=O) groups excluding carboxylic acids is 1. The highest BCUT2D eigenvalue weighted by atomic mass is 16.5. The van der Waals surface area contributed by atoms with Gasteiger partial charge in [0.1, 0.15) is 0 Å². The minimum Gasteiger partial charge on any atom is -0.359 e. The first-order valence-electron chi connectivity index (χ1n) is 11.4. The predicted molar refractivity (Wildman–Crippen MR) is 116 cm³/mol. The maximum Gasteiger partial charge on any atom is 0.251 e. The Bertz CT molecular complexity index is 1030. The molecule has 2 spiro atoms. The normalized spacial score (nSPS) is 40.1. The van der Waals surface area contributed by atoms with Crippen LogP contribution in [0, 0.1) is 11.3 Å². The number of anilines is 1. The molecule has 3 aliphatic carbocycles. The summed E-state index contributed by atoms with van der Waals surface area (Å²) in [5.74, 6) is 0.211. The van der Waals surface area contributed by atoms with Gasteiger partial charge in [0, 0.05) is 29.1 Å². The van der Waals surface area contributed by atoms with Crippen molar-refractivity contribution in [3.8, 4) is 0 Å². The van der Waals surface area contributed by atoms with Gasteiger partial charge in [-0.25, -0.2) is 5.48 Å². The Kier molecular flexibility index (Phi) is 4.14. The number of hydroxylamine groups is 1. The lowest BCUT2D eigenvalue weighted by atomic mass is 9.59. The third kappa shape index (κ3) is 2.62. The smallest absolute Gasteiger partial charge is 0.251 e. The molecule has 1 saturated heterocycles. The average molecular weight is 420 g/mol. The van der Waals surface area contributed by atoms with Gasteiger partial charge in [-0.3, -0.25) is 9.78 Å². The van der Waals surface area contributed by atoms with Crippen LogP contribution in [-0.4, -0.2) is 33.3 Å². The van der Waals surface area contributed by atoms with Gasteiger partial charge in [-0.1, -0.05) is 25.2 Å². The van der Waals surface area contributed by atoms with Crippen LogP contribution in [0.3, 0.4) is 0 Å². The van der Waals surface area contributed by atoms with Crippen LogP contribution < -0.4 is 10.8 Å². The molecule has 0 aromatic carbocycles. The first kappa shape index (κ1) is 19.4. The van der Waals surface area contributed by atoms with Crippen molar-refractivity contribution in [2.24, 2.45) is 11.3 Å². The molecule has 162 valence electrons. The van der Waals surface area contributed by atoms with Crippen LogP contribution in [0.15, 0.2) is 59.5 Å². The van der Waals surface area contributed by atoms with E-state index in [1.807, 2.05) is 12.1 Å². The third-order valence-electron chi connectivity index (χ3n) is 8.62. The molecule has 1 aromatic rings. The van der Waals surface area contributed by atoms with Gasteiger partial charge in [-0.2, -0.15) is 0 Å². The Morgan fingerprint density at radius 2 is 2.23 bits per heavy atom. The fourth-order valence-corrected chi connectivity index (χ4v) is 7.09. The van der Waals surface area contributed by atoms with Crippen LogP contribution in [0.1, 0.15) is 51.9 Å². The molecule has 6 nitrogen and oxygen atoms in total. The van der Waals surface area contributed by atoms with Crippen molar-refractivity contribution in [2.45, 2.75) is 69.1 Å². The topological polar surface area (TPSA) is 83.5 Å². The second kappa shape index (κ2) is 6.61. The molecule has 5 atom stereocenters. The number of hydrogen-bond acceptors (Lipinski definition) is 5. The molecule has 3 N–H and O–H groups in total. The van der Waals surface area contributed by atoms with Crippen LogP contribution in [0.5, 0.6) is 0 Å². The number of carbonyl (C=O) groups is 1. The Morgan fingerprint density at radius 3 is 3.03 bits per heavy atom. The van der Waals surface area contributed by atoms with Crippen molar-refractivity contribution in [1.29, 1.82) is 0 Å². The quantitative estimate of drug-likeness (QED) is 0.644. The molecule has 1 aromatic heterocycles. The molecule has 1 saturated carbocycles. The standard InChI is InChI=1S/C25H29N3O3/c1-23-9-8-17-13-16-4-5-18(28-30)14-24(16)10-11-25(17,31-24)21(23)7-6-20(23)22(29)27-19-3-2-12-26-15-19/h2-3,6,8,12-13,15,18,21,28,30H,4-5,7,9-11,14H2,1H3,(H,27,29)/t18-,21-,23-,24-,25-/m1/s1. The third-order valence-corrected chi connectivity index (χ3v) is 8.62. The van der Waals surface area contributed by atoms with Gasteiger partial charge in [-0.05, 0) is 68.2 Å². The summed E-state index contributed by atoms with van der Waals surface area (Å²) in [6.07, 6.45) is 16.6. The first-order valence-corrected chi connectivity index (χ1v) is 11.4. The molecule has 2 fully saturated rings. The van der Waals surface area contributed by atoms with E-state index in [1.54, 1.807) is 12.4 Å². The number of hydrogen-bond donors (Lipinski definition) is 3. The van der Waals surface area contributed by atoms with Crippen molar-refractivity contribution in [3.63, 3.8) is 0 Å². The molecule has 2 bridgehead atoms. The Hall–Kier alpha value is -2.28. The number of rotatable bonds is 3. The van der Waals surface area contributed by atoms with Crippen LogP contribution in [0.25, 0.3) is 0 Å². The van der Waals surface area contributed by atoms with Crippen molar-refractivity contribution in [3.05, 3.63) is 59.5 Å². The molecule has 6 rings (SSSR count). The molecule has 2 aliphatic heterocycles. The zero-order chi connectivity index (χ0) is 21.3. The van der Waals surface area contributed by atoms with Gasteiger partial charge in [0.15, 0.2) is 0 Å². The van der Waals surface area contributed by atoms with Crippen LogP contribution in [-0.2, 0) is 9.53 Å². The second-order valence-corrected chi connectivity index (χ2v) is 10.1. The van der Waals surface area contributed by atoms with E-state index >= 15 is 0 Å². The van der Waals surface area contributed by atoms with Crippen LogP contribution in [0.2, 0.25) is 0 Å². The molecule has 6 heteroatoms. The highest BCUT2D eigenvalue weighted by Gasteiger charge is 2.65. The number of pyridine rings is 1. The zero-order valence-corrected chi connectivity index (χ0v) is 17.9. The fourth-order valence-electron chi connectivity index (χ4n) is 7.09. The maximum atomic E-state index is 13.2. The van der Waals surface area contributed by atoms with E-state index in [1.165, 1.54) is 11.1 Å². The van der Waals surface area contributed by atoms with Crippen molar-refractivity contribution in [1.82, 2.24) is 10.5 Å². The SMILES string of the molecule is C[C@]12CC=C3C=C4CC[C@@H](NO)C[C@]45CC[C@]3(O5)[C@@H]1CC=C2C(=O)Nc1cccnc1. The Labute approximate surface area is 182 Å². The van der Waals surface area contributed by atoms with E-state index in [4.69, 9.17) is 4.74 Å². The Balaban J connectivity index is 1.33. The predicted octanol–water partition coefficient (Wildman–Crippen LogP) is 4.06. The molecule has 0 radical (unpaired) electrons. The van der Waals surface area contributed by atoms with Gasteiger partial charge >= 0.3 is 0 Å². The van der Waals surface area contributed by atoms with E-state index < -0.39 is 0 Å². The van der Waals surface area contributed by atoms with Gasteiger partial charge in [-0.15, -0.1) is 0 Å². The van der Waals surface area contributed by atoms with Gasteiger partial charge in [0.25, 0.3) is 5.91 Å². The van der Waals surface area contributed by atoms with Gasteiger partial charge < -0.3 is 15.3 Å². The number of amides is 1. The highest BCUT2D eigenvalue weighted by molar-refractivity contribution is 6.05. The largest absolute Gasteiger partial charge is 0.359 e. The van der Waals surface area contributed by atoms with Crippen molar-refractivity contribution >= 4 is 11.6 Å². The van der Waals surface area contributed by atoms with Crippen LogP contribution in [0.4, 0.5) is 5.69 Å².